The number of rotatable bonds is 9. The van der Waals surface area contributed by atoms with Gasteiger partial charge in [0, 0.05) is 17.4 Å². The maximum Gasteiger partial charge on any atom is 0.333 e. The third kappa shape index (κ3) is 4.00. The van der Waals surface area contributed by atoms with Gasteiger partial charge in [-0.2, -0.15) is 0 Å². The summed E-state index contributed by atoms with van der Waals surface area (Å²) in [5.74, 6) is 1.83. The minimum Gasteiger partial charge on any atom is -0.493 e. The van der Waals surface area contributed by atoms with E-state index < -0.39 is 5.97 Å². The summed E-state index contributed by atoms with van der Waals surface area (Å²) < 4.78 is 38.4. The highest BCUT2D eigenvalue weighted by Crippen LogP contribution is 2.48. The summed E-state index contributed by atoms with van der Waals surface area (Å²) in [6, 6.07) is 7.41. The highest BCUT2D eigenvalue weighted by atomic mass is 16.5. The van der Waals surface area contributed by atoms with Gasteiger partial charge in [-0.05, 0) is 35.4 Å². The van der Waals surface area contributed by atoms with Crippen molar-refractivity contribution in [3.8, 4) is 34.5 Å². The third-order valence-corrected chi connectivity index (χ3v) is 5.60. The molecule has 1 aliphatic rings. The number of hydrogen-bond acceptors (Lipinski definition) is 8. The van der Waals surface area contributed by atoms with Crippen LogP contribution in [0.3, 0.4) is 0 Å². The highest BCUT2D eigenvalue weighted by Gasteiger charge is 2.38. The SMILES string of the molecule is C=C1C(=O)OCC1C(c1cc(OC)c(OC)c(OC)c1)c1cc(OC)c(OC)c(OC)c1. The summed E-state index contributed by atoms with van der Waals surface area (Å²) in [6.45, 7) is 4.17. The first-order chi connectivity index (χ1) is 15.4. The molecule has 8 heteroatoms. The second-order valence-corrected chi connectivity index (χ2v) is 7.13. The van der Waals surface area contributed by atoms with Crippen molar-refractivity contribution in [2.45, 2.75) is 5.92 Å². The first-order valence-electron chi connectivity index (χ1n) is 9.89. The summed E-state index contributed by atoms with van der Waals surface area (Å²) in [7, 11) is 9.30. The topological polar surface area (TPSA) is 81.7 Å². The van der Waals surface area contributed by atoms with Crippen LogP contribution in [0.25, 0.3) is 0 Å². The van der Waals surface area contributed by atoms with Crippen molar-refractivity contribution >= 4 is 5.97 Å². The van der Waals surface area contributed by atoms with Gasteiger partial charge in [0.05, 0.1) is 49.3 Å². The van der Waals surface area contributed by atoms with Crippen LogP contribution in [0.2, 0.25) is 0 Å². The minimum atomic E-state index is -0.417. The molecule has 1 unspecified atom stereocenters. The molecule has 1 heterocycles. The van der Waals surface area contributed by atoms with Crippen molar-refractivity contribution in [1.82, 2.24) is 0 Å². The van der Waals surface area contributed by atoms with Crippen molar-refractivity contribution in [2.75, 3.05) is 49.3 Å². The zero-order valence-electron chi connectivity index (χ0n) is 19.1. The Morgan fingerprint density at radius 3 is 1.38 bits per heavy atom. The number of carbonyl (C=O) groups is 1. The predicted octanol–water partition coefficient (Wildman–Crippen LogP) is 3.60. The average molecular weight is 444 g/mol. The molecule has 2 aromatic rings. The van der Waals surface area contributed by atoms with E-state index in [4.69, 9.17) is 33.2 Å². The van der Waals surface area contributed by atoms with Crippen molar-refractivity contribution in [3.05, 3.63) is 47.5 Å². The molecule has 0 bridgehead atoms. The number of hydrogen-bond donors (Lipinski definition) is 0. The van der Waals surface area contributed by atoms with Crippen molar-refractivity contribution in [3.63, 3.8) is 0 Å². The summed E-state index contributed by atoms with van der Waals surface area (Å²) in [6.07, 6.45) is 0. The zero-order valence-corrected chi connectivity index (χ0v) is 19.1. The molecule has 1 fully saturated rings. The summed E-state index contributed by atoms with van der Waals surface area (Å²) >= 11 is 0. The molecule has 3 rings (SSSR count). The van der Waals surface area contributed by atoms with Crippen molar-refractivity contribution < 1.29 is 38.0 Å². The molecule has 0 N–H and O–H groups in total. The maximum absolute atomic E-state index is 12.2. The van der Waals surface area contributed by atoms with Crippen LogP contribution in [-0.4, -0.2) is 55.2 Å². The van der Waals surface area contributed by atoms with Gasteiger partial charge >= 0.3 is 5.97 Å². The fraction of sp³-hybridized carbons (Fsp3) is 0.375. The first kappa shape index (κ1) is 23.1. The molecule has 172 valence electrons. The van der Waals surface area contributed by atoms with Crippen LogP contribution >= 0.6 is 0 Å². The van der Waals surface area contributed by atoms with Gasteiger partial charge in [0.25, 0.3) is 0 Å². The van der Waals surface area contributed by atoms with Gasteiger partial charge < -0.3 is 33.2 Å². The molecule has 0 radical (unpaired) electrons. The van der Waals surface area contributed by atoms with Gasteiger partial charge in [0.15, 0.2) is 23.0 Å². The molecule has 0 amide bonds. The van der Waals surface area contributed by atoms with Gasteiger partial charge in [0.2, 0.25) is 11.5 Å². The third-order valence-electron chi connectivity index (χ3n) is 5.60. The fourth-order valence-corrected chi connectivity index (χ4v) is 4.03. The standard InChI is InChI=1S/C24H28O8/c1-13-16(12-32-24(13)25)21(14-8-17(26-2)22(30-6)18(9-14)27-3)15-10-19(28-4)23(31-7)20(11-15)29-5/h8-11,16,21H,1,12H2,2-7H3. The van der Waals surface area contributed by atoms with Gasteiger partial charge in [-0.3, -0.25) is 0 Å². The summed E-state index contributed by atoms with van der Waals surface area (Å²) in [5.41, 5.74) is 2.02. The van der Waals surface area contributed by atoms with E-state index in [-0.39, 0.29) is 18.4 Å². The van der Waals surface area contributed by atoms with E-state index in [0.29, 0.717) is 40.1 Å². The van der Waals surface area contributed by atoms with E-state index >= 15 is 0 Å². The number of ether oxygens (including phenoxy) is 7. The fourth-order valence-electron chi connectivity index (χ4n) is 4.03. The Balaban J connectivity index is 2.28. The van der Waals surface area contributed by atoms with Gasteiger partial charge in [-0.25, -0.2) is 4.79 Å². The lowest BCUT2D eigenvalue weighted by Gasteiger charge is -2.26. The molecular formula is C24H28O8. The molecular weight excluding hydrogens is 416 g/mol. The van der Waals surface area contributed by atoms with Crippen LogP contribution in [0.4, 0.5) is 0 Å². The quantitative estimate of drug-likeness (QED) is 0.429. The Morgan fingerprint density at radius 1 is 0.750 bits per heavy atom. The smallest absolute Gasteiger partial charge is 0.333 e. The summed E-state index contributed by atoms with van der Waals surface area (Å²) in [4.78, 5) is 12.2. The molecule has 1 aliphatic heterocycles. The van der Waals surface area contributed by atoms with E-state index in [2.05, 4.69) is 6.58 Å². The minimum absolute atomic E-state index is 0.190. The Hall–Kier alpha value is -3.55. The van der Waals surface area contributed by atoms with Gasteiger partial charge in [-0.15, -0.1) is 0 Å². The monoisotopic (exact) mass is 444 g/mol. The Morgan fingerprint density at radius 2 is 1.12 bits per heavy atom. The van der Waals surface area contributed by atoms with Crippen LogP contribution < -0.4 is 28.4 Å². The van der Waals surface area contributed by atoms with E-state index in [1.165, 1.54) is 0 Å². The molecule has 0 spiro atoms. The number of cyclic esters (lactones) is 1. The van der Waals surface area contributed by atoms with E-state index in [0.717, 1.165) is 11.1 Å². The largest absolute Gasteiger partial charge is 0.493 e. The van der Waals surface area contributed by atoms with Gasteiger partial charge in [-0.1, -0.05) is 6.58 Å². The normalized spacial score (nSPS) is 15.4. The first-order valence-corrected chi connectivity index (χ1v) is 9.89. The molecule has 0 aliphatic carbocycles. The van der Waals surface area contributed by atoms with E-state index in [1.54, 1.807) is 42.7 Å². The molecule has 0 saturated carbocycles. The second-order valence-electron chi connectivity index (χ2n) is 7.13. The summed E-state index contributed by atoms with van der Waals surface area (Å²) in [5, 5.41) is 0. The van der Waals surface area contributed by atoms with Gasteiger partial charge in [0.1, 0.15) is 0 Å². The molecule has 2 aromatic carbocycles. The van der Waals surface area contributed by atoms with Crippen LogP contribution in [0.5, 0.6) is 34.5 Å². The predicted molar refractivity (Wildman–Crippen MR) is 118 cm³/mol. The molecule has 1 atom stereocenters. The number of methoxy groups -OCH3 is 6. The molecule has 1 saturated heterocycles. The lowest BCUT2D eigenvalue weighted by Crippen LogP contribution is -2.17. The average Bonchev–Trinajstić information content (AvgIpc) is 3.15. The zero-order chi connectivity index (χ0) is 23.4. The number of benzene rings is 2. The lowest BCUT2D eigenvalue weighted by molar-refractivity contribution is -0.135. The van der Waals surface area contributed by atoms with Crippen molar-refractivity contribution in [1.29, 1.82) is 0 Å². The number of esters is 1. The van der Waals surface area contributed by atoms with Crippen molar-refractivity contribution in [2.24, 2.45) is 5.92 Å². The molecule has 8 nitrogen and oxygen atoms in total. The van der Waals surface area contributed by atoms with Crippen LogP contribution in [0.15, 0.2) is 36.4 Å². The van der Waals surface area contributed by atoms with Crippen LogP contribution in [-0.2, 0) is 9.53 Å². The second kappa shape index (κ2) is 9.72. The highest BCUT2D eigenvalue weighted by molar-refractivity contribution is 5.90. The Labute approximate surface area is 187 Å². The van der Waals surface area contributed by atoms with Crippen LogP contribution in [0.1, 0.15) is 17.0 Å². The molecule has 0 aromatic heterocycles. The lowest BCUT2D eigenvalue weighted by atomic mass is 9.78. The number of carbonyl (C=O) groups excluding carboxylic acids is 1. The van der Waals surface area contributed by atoms with Crippen LogP contribution in [0, 0.1) is 5.92 Å². The van der Waals surface area contributed by atoms with E-state index in [9.17, 15) is 4.79 Å². The Bertz CT molecular complexity index is 900. The Kier molecular flexibility index (Phi) is 7.02. The molecule has 32 heavy (non-hydrogen) atoms. The maximum atomic E-state index is 12.2. The van der Waals surface area contributed by atoms with E-state index in [1.807, 2.05) is 24.3 Å².